The molecule has 1 aromatic carbocycles. The number of fused-ring (bicyclic) bond motifs is 1. The first-order valence-corrected chi connectivity index (χ1v) is 7.75. The van der Waals surface area contributed by atoms with Crippen LogP contribution in [0.2, 0.25) is 0 Å². The average molecular weight is 271 g/mol. The van der Waals surface area contributed by atoms with Gasteiger partial charge in [0.15, 0.2) is 0 Å². The van der Waals surface area contributed by atoms with E-state index in [1.165, 1.54) is 31.2 Å². The fraction of sp³-hybridized carbons (Fsp3) is 0.588. The Hall–Kier alpha value is -1.35. The second kappa shape index (κ2) is 4.88. The summed E-state index contributed by atoms with van der Waals surface area (Å²) < 4.78 is 2.48. The molecule has 1 aromatic heterocycles. The van der Waals surface area contributed by atoms with Gasteiger partial charge >= 0.3 is 0 Å². The molecule has 1 aliphatic rings. The van der Waals surface area contributed by atoms with Crippen molar-refractivity contribution in [1.82, 2.24) is 9.55 Å². The Bertz CT molecular complexity index is 604. The lowest BCUT2D eigenvalue weighted by atomic mass is 9.84. The van der Waals surface area contributed by atoms with E-state index in [-0.39, 0.29) is 11.5 Å². The maximum Gasteiger partial charge on any atom is 0.117 e. The molecule has 1 fully saturated rings. The van der Waals surface area contributed by atoms with Crippen LogP contribution in [0.4, 0.5) is 0 Å². The van der Waals surface area contributed by atoms with Crippen LogP contribution in [0.1, 0.15) is 58.3 Å². The van der Waals surface area contributed by atoms with Crippen molar-refractivity contribution in [3.05, 3.63) is 30.1 Å². The van der Waals surface area contributed by atoms with Crippen molar-refractivity contribution in [1.29, 1.82) is 0 Å². The van der Waals surface area contributed by atoms with Gasteiger partial charge in [-0.15, -0.1) is 0 Å². The average Bonchev–Trinajstić information content (AvgIpc) is 3.04. The van der Waals surface area contributed by atoms with Crippen molar-refractivity contribution in [3.8, 4) is 0 Å². The third-order valence-electron chi connectivity index (χ3n) is 5.00. The molecule has 0 amide bonds. The van der Waals surface area contributed by atoms with Gasteiger partial charge < -0.3 is 10.3 Å². The van der Waals surface area contributed by atoms with E-state index in [2.05, 4.69) is 49.6 Å². The van der Waals surface area contributed by atoms with Crippen molar-refractivity contribution < 1.29 is 0 Å². The molecule has 3 nitrogen and oxygen atoms in total. The Kier molecular flexibility index (Phi) is 3.33. The normalized spacial score (nSPS) is 18.8. The fourth-order valence-corrected chi connectivity index (χ4v) is 3.23. The van der Waals surface area contributed by atoms with E-state index in [9.17, 15) is 0 Å². The number of nitrogens with zero attached hydrogens (tertiary/aromatic N) is 2. The lowest BCUT2D eigenvalue weighted by Gasteiger charge is -2.31. The van der Waals surface area contributed by atoms with Crippen LogP contribution < -0.4 is 5.73 Å². The maximum atomic E-state index is 6.24. The first-order chi connectivity index (χ1) is 9.51. The summed E-state index contributed by atoms with van der Waals surface area (Å²) in [6.07, 6.45) is 5.19. The van der Waals surface area contributed by atoms with Crippen molar-refractivity contribution in [2.24, 2.45) is 5.73 Å². The molecule has 0 bridgehead atoms. The van der Waals surface area contributed by atoms with Crippen LogP contribution >= 0.6 is 0 Å². The van der Waals surface area contributed by atoms with Gasteiger partial charge in [0.1, 0.15) is 5.82 Å². The zero-order chi connectivity index (χ0) is 14.3. The van der Waals surface area contributed by atoms with E-state index in [1.807, 2.05) is 0 Å². The molecule has 0 saturated heterocycles. The summed E-state index contributed by atoms with van der Waals surface area (Å²) in [7, 11) is 0. The zero-order valence-electron chi connectivity index (χ0n) is 12.8. The Morgan fingerprint density at radius 3 is 2.55 bits per heavy atom. The van der Waals surface area contributed by atoms with Gasteiger partial charge in [0.25, 0.3) is 0 Å². The Labute approximate surface area is 121 Å². The standard InChI is InChI=1S/C17H25N3/c1-12(18)17(2,3)16-19-14-10-6-7-11-15(14)20(16)13-8-4-5-9-13/h6-7,10-13H,4-5,8-9,18H2,1-3H3. The summed E-state index contributed by atoms with van der Waals surface area (Å²) in [6.45, 7) is 6.51. The summed E-state index contributed by atoms with van der Waals surface area (Å²) in [5, 5.41) is 0. The minimum Gasteiger partial charge on any atom is -0.327 e. The molecule has 0 radical (unpaired) electrons. The van der Waals surface area contributed by atoms with Gasteiger partial charge in [-0.1, -0.05) is 38.8 Å². The molecule has 1 atom stereocenters. The number of benzene rings is 1. The van der Waals surface area contributed by atoms with Gasteiger partial charge in [-0.05, 0) is 31.9 Å². The highest BCUT2D eigenvalue weighted by atomic mass is 15.1. The van der Waals surface area contributed by atoms with Crippen LogP contribution in [-0.4, -0.2) is 15.6 Å². The van der Waals surface area contributed by atoms with Gasteiger partial charge in [0.2, 0.25) is 0 Å². The highest BCUT2D eigenvalue weighted by molar-refractivity contribution is 5.76. The summed E-state index contributed by atoms with van der Waals surface area (Å²) in [5.41, 5.74) is 8.50. The van der Waals surface area contributed by atoms with E-state index in [4.69, 9.17) is 10.7 Å². The molecule has 3 rings (SSSR count). The smallest absolute Gasteiger partial charge is 0.117 e. The molecule has 2 N–H and O–H groups in total. The Balaban J connectivity index is 2.22. The van der Waals surface area contributed by atoms with Crippen LogP contribution in [0, 0.1) is 0 Å². The SMILES string of the molecule is CC(N)C(C)(C)c1nc2ccccc2n1C1CCCC1. The van der Waals surface area contributed by atoms with E-state index in [0.29, 0.717) is 6.04 Å². The summed E-state index contributed by atoms with van der Waals surface area (Å²) in [4.78, 5) is 4.93. The van der Waals surface area contributed by atoms with Gasteiger partial charge in [-0.25, -0.2) is 4.98 Å². The number of imidazole rings is 1. The van der Waals surface area contributed by atoms with Gasteiger partial charge in [-0.3, -0.25) is 0 Å². The van der Waals surface area contributed by atoms with Crippen LogP contribution in [0.15, 0.2) is 24.3 Å². The van der Waals surface area contributed by atoms with Gasteiger partial charge in [0.05, 0.1) is 11.0 Å². The highest BCUT2D eigenvalue weighted by Crippen LogP contribution is 2.37. The van der Waals surface area contributed by atoms with Gasteiger partial charge in [-0.2, -0.15) is 0 Å². The van der Waals surface area contributed by atoms with Crippen molar-refractivity contribution >= 4 is 11.0 Å². The molecule has 2 aromatic rings. The van der Waals surface area contributed by atoms with E-state index >= 15 is 0 Å². The predicted octanol–water partition coefficient (Wildman–Crippen LogP) is 3.78. The molecular weight excluding hydrogens is 246 g/mol. The Morgan fingerprint density at radius 1 is 1.25 bits per heavy atom. The summed E-state index contributed by atoms with van der Waals surface area (Å²) in [5.74, 6) is 1.15. The first-order valence-electron chi connectivity index (χ1n) is 7.75. The topological polar surface area (TPSA) is 43.8 Å². The molecule has 1 saturated carbocycles. The molecule has 108 valence electrons. The monoisotopic (exact) mass is 271 g/mol. The minimum absolute atomic E-state index is 0.0828. The van der Waals surface area contributed by atoms with Crippen molar-refractivity contribution in [2.45, 2.75) is 64.0 Å². The summed E-state index contributed by atoms with van der Waals surface area (Å²) >= 11 is 0. The van der Waals surface area contributed by atoms with E-state index in [1.54, 1.807) is 0 Å². The minimum atomic E-state index is -0.110. The van der Waals surface area contributed by atoms with Gasteiger partial charge in [0, 0.05) is 17.5 Å². The molecule has 0 spiro atoms. The Morgan fingerprint density at radius 2 is 1.90 bits per heavy atom. The molecule has 0 aliphatic heterocycles. The third kappa shape index (κ3) is 2.05. The van der Waals surface area contributed by atoms with E-state index in [0.717, 1.165) is 11.3 Å². The van der Waals surface area contributed by atoms with Crippen LogP contribution in [0.3, 0.4) is 0 Å². The zero-order valence-corrected chi connectivity index (χ0v) is 12.8. The van der Waals surface area contributed by atoms with Crippen molar-refractivity contribution in [3.63, 3.8) is 0 Å². The predicted molar refractivity (Wildman–Crippen MR) is 83.9 cm³/mol. The van der Waals surface area contributed by atoms with E-state index < -0.39 is 0 Å². The number of para-hydroxylation sites is 2. The lowest BCUT2D eigenvalue weighted by Crippen LogP contribution is -2.40. The van der Waals surface area contributed by atoms with Crippen LogP contribution in [0.25, 0.3) is 11.0 Å². The molecule has 1 unspecified atom stereocenters. The quantitative estimate of drug-likeness (QED) is 0.923. The molecule has 1 heterocycles. The van der Waals surface area contributed by atoms with Crippen molar-refractivity contribution in [2.75, 3.05) is 0 Å². The van der Waals surface area contributed by atoms with Crippen LogP contribution in [0.5, 0.6) is 0 Å². The molecule has 20 heavy (non-hydrogen) atoms. The molecular formula is C17H25N3. The fourth-order valence-electron chi connectivity index (χ4n) is 3.23. The first kappa shape index (κ1) is 13.6. The highest BCUT2D eigenvalue weighted by Gasteiger charge is 2.34. The molecule has 1 aliphatic carbocycles. The number of rotatable bonds is 3. The second-order valence-electron chi connectivity index (χ2n) is 6.74. The number of nitrogens with two attached hydrogens (primary N) is 1. The number of hydrogen-bond donors (Lipinski definition) is 1. The summed E-state index contributed by atoms with van der Waals surface area (Å²) in [6, 6.07) is 9.16. The second-order valence-corrected chi connectivity index (χ2v) is 6.74. The number of hydrogen-bond acceptors (Lipinski definition) is 2. The largest absolute Gasteiger partial charge is 0.327 e. The number of aromatic nitrogens is 2. The lowest BCUT2D eigenvalue weighted by molar-refractivity contribution is 0.372. The third-order valence-corrected chi connectivity index (χ3v) is 5.00. The maximum absolute atomic E-state index is 6.24. The van der Waals surface area contributed by atoms with Crippen LogP contribution in [-0.2, 0) is 5.41 Å². The molecule has 3 heteroatoms.